The fourth-order valence-electron chi connectivity index (χ4n) is 3.69. The Morgan fingerprint density at radius 1 is 0.971 bits per heavy atom. The summed E-state index contributed by atoms with van der Waals surface area (Å²) in [5, 5.41) is 0. The molecule has 2 rings (SSSR count). The molecule has 0 aliphatic carbocycles. The van der Waals surface area contributed by atoms with E-state index in [2.05, 4.69) is 26.0 Å². The molecule has 0 unspecified atom stereocenters. The number of amides is 2. The van der Waals surface area contributed by atoms with Gasteiger partial charge in [0.2, 0.25) is 11.8 Å². The van der Waals surface area contributed by atoms with Gasteiger partial charge in [-0.25, -0.2) is 0 Å². The van der Waals surface area contributed by atoms with Crippen LogP contribution in [0.1, 0.15) is 55.9 Å². The van der Waals surface area contributed by atoms with Crippen molar-refractivity contribution in [3.05, 3.63) is 45.6 Å². The lowest BCUT2D eigenvalue weighted by molar-refractivity contribution is -0.145. The van der Waals surface area contributed by atoms with E-state index in [-0.39, 0.29) is 18.4 Å². The van der Waals surface area contributed by atoms with Gasteiger partial charge in [-0.05, 0) is 49.6 Å². The van der Waals surface area contributed by atoms with Gasteiger partial charge >= 0.3 is 0 Å². The van der Waals surface area contributed by atoms with E-state index in [4.69, 9.17) is 9.47 Å². The van der Waals surface area contributed by atoms with E-state index in [1.54, 1.807) is 30.5 Å². The number of nitrogens with zero attached hydrogens (tertiary/aromatic N) is 2. The molecule has 0 spiro atoms. The molecule has 1 aromatic heterocycles. The van der Waals surface area contributed by atoms with Crippen LogP contribution in [0.2, 0.25) is 0 Å². The summed E-state index contributed by atoms with van der Waals surface area (Å²) in [6.07, 6.45) is 2.53. The first-order valence-corrected chi connectivity index (χ1v) is 12.7. The number of carbonyl (C=O) groups is 2. The van der Waals surface area contributed by atoms with E-state index in [9.17, 15) is 9.59 Å². The number of unbranched alkanes of at least 4 members (excludes halogenated alkanes) is 1. The Morgan fingerprint density at radius 3 is 2.24 bits per heavy atom. The smallest absolute Gasteiger partial charge is 0.242 e. The lowest BCUT2D eigenvalue weighted by atomic mass is 9.94. The molecule has 188 valence electrons. The average molecular weight is 489 g/mol. The number of rotatable bonds is 12. The van der Waals surface area contributed by atoms with Gasteiger partial charge in [-0.2, -0.15) is 0 Å². The minimum absolute atomic E-state index is 0.0149. The van der Waals surface area contributed by atoms with Gasteiger partial charge in [0.25, 0.3) is 0 Å². The minimum atomic E-state index is -0.524. The molecule has 0 saturated carbocycles. The number of carbonyl (C=O) groups excluding carboxylic acids is 2. The molecular formula is C27H40N2O4S. The maximum Gasteiger partial charge on any atom is 0.242 e. The molecule has 34 heavy (non-hydrogen) atoms. The second-order valence-corrected chi connectivity index (χ2v) is 11.0. The summed E-state index contributed by atoms with van der Waals surface area (Å²) in [4.78, 5) is 32.5. The molecular weight excluding hydrogens is 448 g/mol. The normalized spacial score (nSPS) is 11.3. The van der Waals surface area contributed by atoms with Crippen LogP contribution in [0.3, 0.4) is 0 Å². The summed E-state index contributed by atoms with van der Waals surface area (Å²) < 4.78 is 10.8. The number of aryl methyl sites for hydroxylation is 1. The quantitative estimate of drug-likeness (QED) is 0.406. The molecule has 2 amide bonds. The zero-order chi connectivity index (χ0) is 25.3. The van der Waals surface area contributed by atoms with Crippen molar-refractivity contribution in [1.82, 2.24) is 9.80 Å². The molecule has 1 heterocycles. The first-order chi connectivity index (χ1) is 16.1. The Kier molecular flexibility index (Phi) is 10.4. The van der Waals surface area contributed by atoms with Crippen molar-refractivity contribution < 1.29 is 19.1 Å². The third-order valence-corrected chi connectivity index (χ3v) is 6.64. The summed E-state index contributed by atoms with van der Waals surface area (Å²) in [6.45, 7) is 11.7. The Hall–Kier alpha value is -2.54. The predicted molar refractivity (Wildman–Crippen MR) is 139 cm³/mol. The topological polar surface area (TPSA) is 59.1 Å². The third kappa shape index (κ3) is 8.05. The molecule has 0 saturated heterocycles. The molecule has 2 aromatic rings. The Balaban J connectivity index is 2.21. The molecule has 0 N–H and O–H groups in total. The highest BCUT2D eigenvalue weighted by molar-refractivity contribution is 7.11. The van der Waals surface area contributed by atoms with Crippen LogP contribution in [0.4, 0.5) is 0 Å². The van der Waals surface area contributed by atoms with Gasteiger partial charge in [0.1, 0.15) is 0 Å². The van der Waals surface area contributed by atoms with Gasteiger partial charge < -0.3 is 19.3 Å². The van der Waals surface area contributed by atoms with Crippen LogP contribution in [0.5, 0.6) is 11.5 Å². The fraction of sp³-hybridized carbons (Fsp3) is 0.556. The van der Waals surface area contributed by atoms with Crippen molar-refractivity contribution >= 4 is 23.2 Å². The molecule has 0 bridgehead atoms. The zero-order valence-electron chi connectivity index (χ0n) is 21.8. The maximum atomic E-state index is 13.5. The molecule has 0 radical (unpaired) electrons. The maximum absolute atomic E-state index is 13.5. The van der Waals surface area contributed by atoms with Crippen molar-refractivity contribution in [2.45, 2.75) is 60.4 Å². The lowest BCUT2D eigenvalue weighted by Crippen LogP contribution is -2.47. The van der Waals surface area contributed by atoms with Crippen molar-refractivity contribution in [3.63, 3.8) is 0 Å². The first kappa shape index (κ1) is 27.7. The van der Waals surface area contributed by atoms with E-state index in [1.165, 1.54) is 4.88 Å². The molecule has 1 aromatic carbocycles. The van der Waals surface area contributed by atoms with Gasteiger partial charge in [0, 0.05) is 28.3 Å². The summed E-state index contributed by atoms with van der Waals surface area (Å²) in [7, 11) is 3.23. The van der Waals surface area contributed by atoms with Crippen molar-refractivity contribution in [2.24, 2.45) is 5.41 Å². The van der Waals surface area contributed by atoms with E-state index in [0.29, 0.717) is 37.6 Å². The standard InChI is InChI=1S/C27H40N2O4S/c1-8-9-15-29(26(31)27(3,4)5)19-25(30)28(18-22-12-10-20(2)34-22)16-14-21-11-13-23(32-6)24(17-21)33-7/h10-13,17H,8-9,14-16,18-19H2,1-7H3. The molecule has 0 fully saturated rings. The highest BCUT2D eigenvalue weighted by atomic mass is 32.1. The molecule has 0 aliphatic rings. The summed E-state index contributed by atoms with van der Waals surface area (Å²) in [6, 6.07) is 9.99. The number of benzene rings is 1. The Bertz CT molecular complexity index is 948. The monoisotopic (exact) mass is 488 g/mol. The minimum Gasteiger partial charge on any atom is -0.493 e. The zero-order valence-corrected chi connectivity index (χ0v) is 22.6. The first-order valence-electron chi connectivity index (χ1n) is 11.9. The molecule has 7 heteroatoms. The molecule has 6 nitrogen and oxygen atoms in total. The SMILES string of the molecule is CCCCN(CC(=O)N(CCc1ccc(OC)c(OC)c1)Cc1ccc(C)s1)C(=O)C(C)(C)C. The van der Waals surface area contributed by atoms with Gasteiger partial charge in [0.05, 0.1) is 27.3 Å². The van der Waals surface area contributed by atoms with E-state index in [0.717, 1.165) is 23.3 Å². The summed E-state index contributed by atoms with van der Waals surface area (Å²) in [5.74, 6) is 1.34. The summed E-state index contributed by atoms with van der Waals surface area (Å²) >= 11 is 1.70. The number of ether oxygens (including phenoxy) is 2. The highest BCUT2D eigenvalue weighted by Gasteiger charge is 2.29. The van der Waals surface area contributed by atoms with Crippen molar-refractivity contribution in [3.8, 4) is 11.5 Å². The van der Waals surface area contributed by atoms with Crippen LogP contribution in [0.15, 0.2) is 30.3 Å². The fourth-order valence-corrected chi connectivity index (χ4v) is 4.60. The number of thiophene rings is 1. The van der Waals surface area contributed by atoms with Crippen LogP contribution in [-0.4, -0.2) is 55.5 Å². The van der Waals surface area contributed by atoms with Crippen LogP contribution >= 0.6 is 11.3 Å². The van der Waals surface area contributed by atoms with Gasteiger partial charge in [-0.15, -0.1) is 11.3 Å². The predicted octanol–water partition coefficient (Wildman–Crippen LogP) is 5.32. The van der Waals surface area contributed by atoms with Crippen LogP contribution in [0.25, 0.3) is 0 Å². The summed E-state index contributed by atoms with van der Waals surface area (Å²) in [5.41, 5.74) is 0.537. The molecule has 0 aliphatic heterocycles. The third-order valence-electron chi connectivity index (χ3n) is 5.65. The van der Waals surface area contributed by atoms with Crippen LogP contribution in [0, 0.1) is 12.3 Å². The van der Waals surface area contributed by atoms with E-state index < -0.39 is 5.41 Å². The van der Waals surface area contributed by atoms with Crippen molar-refractivity contribution in [1.29, 1.82) is 0 Å². The van der Waals surface area contributed by atoms with Gasteiger partial charge in [0.15, 0.2) is 11.5 Å². The number of hydrogen-bond acceptors (Lipinski definition) is 5. The highest BCUT2D eigenvalue weighted by Crippen LogP contribution is 2.28. The second-order valence-electron chi connectivity index (χ2n) is 9.60. The lowest BCUT2D eigenvalue weighted by Gasteiger charge is -2.31. The Morgan fingerprint density at radius 2 is 1.68 bits per heavy atom. The van der Waals surface area contributed by atoms with Gasteiger partial charge in [-0.1, -0.05) is 40.2 Å². The van der Waals surface area contributed by atoms with E-state index >= 15 is 0 Å². The number of methoxy groups -OCH3 is 2. The van der Waals surface area contributed by atoms with E-state index in [1.807, 2.05) is 43.9 Å². The van der Waals surface area contributed by atoms with Crippen molar-refractivity contribution in [2.75, 3.05) is 33.9 Å². The van der Waals surface area contributed by atoms with Gasteiger partial charge in [-0.3, -0.25) is 9.59 Å². The average Bonchev–Trinajstić information content (AvgIpc) is 3.22. The number of hydrogen-bond donors (Lipinski definition) is 0. The largest absolute Gasteiger partial charge is 0.493 e. The van der Waals surface area contributed by atoms with Crippen LogP contribution in [-0.2, 0) is 22.6 Å². The second kappa shape index (κ2) is 12.8. The van der Waals surface area contributed by atoms with Crippen LogP contribution < -0.4 is 9.47 Å². The Labute approximate surface area is 208 Å². The molecule has 0 atom stereocenters.